The molecule has 5 heteroatoms. The molecule has 2 N–H and O–H groups in total. The monoisotopic (exact) mass is 341 g/mol. The molecule has 2 aromatic rings. The fraction of sp³-hybridized carbons (Fsp3) is 0.250. The predicted octanol–water partition coefficient (Wildman–Crippen LogP) is 2.73. The van der Waals surface area contributed by atoms with Crippen LogP contribution in [0.25, 0.3) is 0 Å². The maximum Gasteiger partial charge on any atom is 0.251 e. The predicted molar refractivity (Wildman–Crippen MR) is 94.0 cm³/mol. The Labute approximate surface area is 146 Å². The van der Waals surface area contributed by atoms with E-state index in [-0.39, 0.29) is 18.1 Å². The van der Waals surface area contributed by atoms with E-state index in [9.17, 15) is 14.3 Å². The third-order valence-electron chi connectivity index (χ3n) is 3.51. The maximum absolute atomic E-state index is 13.8. The molecule has 2 aromatic carbocycles. The summed E-state index contributed by atoms with van der Waals surface area (Å²) in [5, 5.41) is 11.9. The Balaban J connectivity index is 2.13. The van der Waals surface area contributed by atoms with Crippen LogP contribution in [0, 0.1) is 17.7 Å². The molecule has 0 bridgehead atoms. The van der Waals surface area contributed by atoms with Gasteiger partial charge in [-0.05, 0) is 50.2 Å². The van der Waals surface area contributed by atoms with Crippen LogP contribution in [0.2, 0.25) is 0 Å². The Bertz CT molecular complexity index is 817. The molecule has 0 heterocycles. The first-order valence-corrected chi connectivity index (χ1v) is 7.73. The average Bonchev–Trinajstić information content (AvgIpc) is 2.60. The minimum atomic E-state index is -0.693. The van der Waals surface area contributed by atoms with Crippen molar-refractivity contribution in [3.05, 3.63) is 65.0 Å². The summed E-state index contributed by atoms with van der Waals surface area (Å²) in [6.07, 6.45) is 0. The lowest BCUT2D eigenvalue weighted by Gasteiger charge is -2.23. The summed E-state index contributed by atoms with van der Waals surface area (Å²) >= 11 is 0. The number of hydrogen-bond acceptors (Lipinski definition) is 3. The second-order valence-corrected chi connectivity index (χ2v) is 6.17. The van der Waals surface area contributed by atoms with Gasteiger partial charge in [0.1, 0.15) is 11.6 Å². The quantitative estimate of drug-likeness (QED) is 0.841. The fourth-order valence-corrected chi connectivity index (χ4v) is 1.99. The standard InChI is InChI=1S/C20H20FNO3/c1-20(2,13-23)22-19(24)16-8-5-14(6-9-16)4-7-15-10-11-17(25-3)12-18(15)21/h5-6,8-12,23H,13H2,1-3H3,(H,22,24). The highest BCUT2D eigenvalue weighted by molar-refractivity contribution is 5.94. The summed E-state index contributed by atoms with van der Waals surface area (Å²) in [7, 11) is 1.47. The van der Waals surface area contributed by atoms with Crippen molar-refractivity contribution in [1.82, 2.24) is 5.32 Å². The van der Waals surface area contributed by atoms with E-state index in [1.54, 1.807) is 50.2 Å². The van der Waals surface area contributed by atoms with Crippen LogP contribution in [-0.4, -0.2) is 30.3 Å². The molecule has 0 fully saturated rings. The molecule has 0 aliphatic rings. The van der Waals surface area contributed by atoms with Gasteiger partial charge >= 0.3 is 0 Å². The Morgan fingerprint density at radius 1 is 1.20 bits per heavy atom. The van der Waals surface area contributed by atoms with Gasteiger partial charge < -0.3 is 15.2 Å². The van der Waals surface area contributed by atoms with Crippen LogP contribution in [0.4, 0.5) is 4.39 Å². The normalized spacial score (nSPS) is 10.6. The number of carbonyl (C=O) groups is 1. The summed E-state index contributed by atoms with van der Waals surface area (Å²) in [6.45, 7) is 3.30. The largest absolute Gasteiger partial charge is 0.497 e. The number of nitrogens with one attached hydrogen (secondary N) is 1. The van der Waals surface area contributed by atoms with E-state index in [4.69, 9.17) is 4.74 Å². The smallest absolute Gasteiger partial charge is 0.251 e. The van der Waals surface area contributed by atoms with Gasteiger partial charge in [-0.3, -0.25) is 4.79 Å². The van der Waals surface area contributed by atoms with E-state index < -0.39 is 11.4 Å². The molecule has 0 spiro atoms. The third kappa shape index (κ3) is 5.07. The molecule has 0 aliphatic carbocycles. The number of halogens is 1. The number of rotatable bonds is 4. The zero-order chi connectivity index (χ0) is 18.4. The number of ether oxygens (including phenoxy) is 1. The topological polar surface area (TPSA) is 58.6 Å². The number of benzene rings is 2. The van der Waals surface area contributed by atoms with E-state index >= 15 is 0 Å². The molecule has 1 amide bonds. The molecule has 130 valence electrons. The van der Waals surface area contributed by atoms with Crippen molar-refractivity contribution in [3.63, 3.8) is 0 Å². The Kier molecular flexibility index (Phi) is 5.79. The zero-order valence-electron chi connectivity index (χ0n) is 14.4. The summed E-state index contributed by atoms with van der Waals surface area (Å²) in [4.78, 5) is 12.1. The van der Waals surface area contributed by atoms with Crippen LogP contribution in [0.1, 0.15) is 35.3 Å². The SMILES string of the molecule is COc1ccc(C#Cc2ccc(C(=O)NC(C)(C)CO)cc2)c(F)c1. The van der Waals surface area contributed by atoms with E-state index in [2.05, 4.69) is 17.2 Å². The molecular weight excluding hydrogens is 321 g/mol. The van der Waals surface area contributed by atoms with Gasteiger partial charge in [0.2, 0.25) is 0 Å². The van der Waals surface area contributed by atoms with Gasteiger partial charge in [-0.25, -0.2) is 4.39 Å². The summed E-state index contributed by atoms with van der Waals surface area (Å²) in [5.74, 6) is 5.33. The van der Waals surface area contributed by atoms with Gasteiger partial charge in [0, 0.05) is 17.2 Å². The highest BCUT2D eigenvalue weighted by atomic mass is 19.1. The fourth-order valence-electron chi connectivity index (χ4n) is 1.99. The van der Waals surface area contributed by atoms with Crippen LogP contribution in [0.5, 0.6) is 5.75 Å². The molecule has 25 heavy (non-hydrogen) atoms. The first kappa shape index (κ1) is 18.5. The second-order valence-electron chi connectivity index (χ2n) is 6.17. The minimum Gasteiger partial charge on any atom is -0.497 e. The molecule has 0 aliphatic heterocycles. The molecule has 0 saturated carbocycles. The molecule has 0 aromatic heterocycles. The molecule has 2 rings (SSSR count). The van der Waals surface area contributed by atoms with Crippen molar-refractivity contribution >= 4 is 5.91 Å². The highest BCUT2D eigenvalue weighted by Crippen LogP contribution is 2.15. The van der Waals surface area contributed by atoms with Gasteiger partial charge in [-0.2, -0.15) is 0 Å². The van der Waals surface area contributed by atoms with Gasteiger partial charge in [0.15, 0.2) is 0 Å². The summed E-state index contributed by atoms with van der Waals surface area (Å²) < 4.78 is 18.8. The lowest BCUT2D eigenvalue weighted by atomic mass is 10.1. The van der Waals surface area contributed by atoms with Gasteiger partial charge in [0.25, 0.3) is 5.91 Å². The van der Waals surface area contributed by atoms with Crippen LogP contribution >= 0.6 is 0 Å². The molecule has 0 radical (unpaired) electrons. The maximum atomic E-state index is 13.8. The first-order valence-electron chi connectivity index (χ1n) is 7.73. The molecule has 0 atom stereocenters. The van der Waals surface area contributed by atoms with Gasteiger partial charge in [-0.1, -0.05) is 11.8 Å². The Hall–Kier alpha value is -2.84. The van der Waals surface area contributed by atoms with Crippen molar-refractivity contribution in [2.75, 3.05) is 13.7 Å². The number of aliphatic hydroxyl groups excluding tert-OH is 1. The van der Waals surface area contributed by atoms with Gasteiger partial charge in [-0.15, -0.1) is 0 Å². The molecule has 0 saturated heterocycles. The second kappa shape index (κ2) is 7.82. The van der Waals surface area contributed by atoms with Crippen molar-refractivity contribution in [2.45, 2.75) is 19.4 Å². The van der Waals surface area contributed by atoms with Crippen LogP contribution in [0.3, 0.4) is 0 Å². The molecule has 4 nitrogen and oxygen atoms in total. The number of carbonyl (C=O) groups excluding carboxylic acids is 1. The van der Waals surface area contributed by atoms with Crippen molar-refractivity contribution in [1.29, 1.82) is 0 Å². The van der Waals surface area contributed by atoms with E-state index in [0.29, 0.717) is 16.9 Å². The van der Waals surface area contributed by atoms with Crippen LogP contribution in [0.15, 0.2) is 42.5 Å². The van der Waals surface area contributed by atoms with E-state index in [1.165, 1.54) is 13.2 Å². The first-order chi connectivity index (χ1) is 11.8. The van der Waals surface area contributed by atoms with Gasteiger partial charge in [0.05, 0.1) is 24.8 Å². The van der Waals surface area contributed by atoms with Crippen molar-refractivity contribution in [3.8, 4) is 17.6 Å². The number of aliphatic hydroxyl groups is 1. The number of hydrogen-bond donors (Lipinski definition) is 2. The lowest BCUT2D eigenvalue weighted by molar-refractivity contribution is 0.0869. The Morgan fingerprint density at radius 2 is 1.88 bits per heavy atom. The van der Waals surface area contributed by atoms with Crippen molar-refractivity contribution < 1.29 is 19.0 Å². The highest BCUT2D eigenvalue weighted by Gasteiger charge is 2.19. The zero-order valence-corrected chi connectivity index (χ0v) is 14.4. The number of amides is 1. The van der Waals surface area contributed by atoms with Crippen LogP contribution in [-0.2, 0) is 0 Å². The van der Waals surface area contributed by atoms with Crippen molar-refractivity contribution in [2.24, 2.45) is 0 Å². The van der Waals surface area contributed by atoms with E-state index in [0.717, 1.165) is 0 Å². The average molecular weight is 341 g/mol. The third-order valence-corrected chi connectivity index (χ3v) is 3.51. The lowest BCUT2D eigenvalue weighted by Crippen LogP contribution is -2.46. The summed E-state index contributed by atoms with van der Waals surface area (Å²) in [5.41, 5.74) is 0.699. The Morgan fingerprint density at radius 3 is 2.44 bits per heavy atom. The molecular formula is C20H20FNO3. The minimum absolute atomic E-state index is 0.157. The number of methoxy groups -OCH3 is 1. The van der Waals surface area contributed by atoms with E-state index in [1.807, 2.05) is 0 Å². The van der Waals surface area contributed by atoms with Crippen LogP contribution < -0.4 is 10.1 Å². The summed E-state index contributed by atoms with van der Waals surface area (Å²) in [6, 6.07) is 11.1. The molecule has 0 unspecified atom stereocenters.